The van der Waals surface area contributed by atoms with Gasteiger partial charge in [-0.05, 0) is 65.3 Å². The molecule has 1 heterocycles. The fraction of sp³-hybridized carbons (Fsp3) is 0.200. The molecule has 0 amide bonds. The van der Waals surface area contributed by atoms with Crippen LogP contribution in [-0.2, 0) is 5.41 Å². The van der Waals surface area contributed by atoms with Crippen molar-refractivity contribution in [2.75, 3.05) is 0 Å². The number of para-hydroxylation sites is 2. The molecule has 1 aromatic heterocycles. The van der Waals surface area contributed by atoms with Crippen LogP contribution in [-0.4, -0.2) is 0 Å². The monoisotopic (exact) mass is 676 g/mol. The number of fused-ring (bicyclic) bond motifs is 3. The maximum absolute atomic E-state index is 6.45. The second-order valence-electron chi connectivity index (χ2n) is 12.8. The maximum Gasteiger partial charge on any atom is 0.143 e. The summed E-state index contributed by atoms with van der Waals surface area (Å²) in [6.07, 6.45) is 6.80. The van der Waals surface area contributed by atoms with Gasteiger partial charge >= 0.3 is 0 Å². The molecule has 0 aliphatic rings. The Morgan fingerprint density at radius 1 is 0.596 bits per heavy atom. The molecule has 0 fully saturated rings. The summed E-state index contributed by atoms with van der Waals surface area (Å²) in [4.78, 5) is 0. The molecular formula is C45H41BrO. The number of halogens is 1. The van der Waals surface area contributed by atoms with Crippen LogP contribution in [0.5, 0.6) is 0 Å². The Kier molecular flexibility index (Phi) is 9.40. The minimum atomic E-state index is -0.0147. The van der Waals surface area contributed by atoms with Crippen molar-refractivity contribution in [3.63, 3.8) is 0 Å². The molecule has 0 aliphatic carbocycles. The van der Waals surface area contributed by atoms with Crippen molar-refractivity contribution in [1.82, 2.24) is 0 Å². The Morgan fingerprint density at radius 3 is 1.94 bits per heavy atom. The summed E-state index contributed by atoms with van der Waals surface area (Å²) in [6.45, 7) is 2.31. The summed E-state index contributed by atoms with van der Waals surface area (Å²) in [5.74, 6) is 0.262. The Balaban J connectivity index is 1.26. The van der Waals surface area contributed by atoms with E-state index >= 15 is 0 Å². The summed E-state index contributed by atoms with van der Waals surface area (Å²) >= 11 is 3.78. The lowest BCUT2D eigenvalue weighted by molar-refractivity contribution is 0.398. The molecule has 0 N–H and O–H groups in total. The molecule has 0 bridgehead atoms. The topological polar surface area (TPSA) is 13.1 Å². The highest BCUT2D eigenvalue weighted by Gasteiger charge is 2.33. The highest BCUT2D eigenvalue weighted by Crippen LogP contribution is 2.44. The Morgan fingerprint density at radius 2 is 1.21 bits per heavy atom. The largest absolute Gasteiger partial charge is 0.455 e. The first-order valence-electron chi connectivity index (χ1n) is 17.0. The molecule has 234 valence electrons. The van der Waals surface area contributed by atoms with Gasteiger partial charge in [-0.1, -0.05) is 176 Å². The molecule has 2 heteroatoms. The van der Waals surface area contributed by atoms with E-state index in [0.717, 1.165) is 57.7 Å². The second kappa shape index (κ2) is 14.2. The Hall–Kier alpha value is -4.40. The van der Waals surface area contributed by atoms with Crippen molar-refractivity contribution >= 4 is 37.9 Å². The predicted molar refractivity (Wildman–Crippen MR) is 202 cm³/mol. The molecule has 0 saturated carbocycles. The Bertz CT molecular complexity index is 2040. The normalized spacial score (nSPS) is 12.5. The highest BCUT2D eigenvalue weighted by atomic mass is 79.9. The molecule has 0 spiro atoms. The molecule has 0 radical (unpaired) electrons. The van der Waals surface area contributed by atoms with Gasteiger partial charge in [-0.25, -0.2) is 0 Å². The number of hydrogen-bond donors (Lipinski definition) is 0. The third kappa shape index (κ3) is 6.45. The van der Waals surface area contributed by atoms with Crippen LogP contribution in [0.15, 0.2) is 161 Å². The zero-order valence-electron chi connectivity index (χ0n) is 27.0. The van der Waals surface area contributed by atoms with E-state index in [1.807, 2.05) is 6.07 Å². The lowest BCUT2D eigenvalue weighted by Crippen LogP contribution is -2.28. The first-order valence-corrected chi connectivity index (χ1v) is 17.8. The number of rotatable bonds is 12. The van der Waals surface area contributed by atoms with Crippen LogP contribution in [0.2, 0.25) is 0 Å². The smallest absolute Gasteiger partial charge is 0.143 e. The van der Waals surface area contributed by atoms with Crippen LogP contribution in [0, 0.1) is 0 Å². The fourth-order valence-corrected chi connectivity index (χ4v) is 8.03. The molecular weight excluding hydrogens is 636 g/mol. The number of unbranched alkanes of at least 4 members (excludes halogenated alkanes) is 1. The standard InChI is InChI=1S/C45H41BrO/c1-2-3-29-45(36-19-6-4-7-20-36,37-21-8-5-9-22-37)30-15-27-39(35-18-13-23-38(46)32-35)33-16-12-17-34(31-33)40-25-14-26-42-41-24-10-11-28-43(41)47-44(40)42/h4-14,16-26,28,31-32,39H,2-3,15,27,29-30H2,1H3. The van der Waals surface area contributed by atoms with Crippen molar-refractivity contribution in [2.45, 2.75) is 56.8 Å². The minimum Gasteiger partial charge on any atom is -0.455 e. The van der Waals surface area contributed by atoms with Gasteiger partial charge < -0.3 is 4.42 Å². The summed E-state index contributed by atoms with van der Waals surface area (Å²) < 4.78 is 7.57. The molecule has 1 atom stereocenters. The van der Waals surface area contributed by atoms with Gasteiger partial charge in [-0.2, -0.15) is 0 Å². The average Bonchev–Trinajstić information content (AvgIpc) is 3.51. The zero-order valence-corrected chi connectivity index (χ0v) is 28.6. The lowest BCUT2D eigenvalue weighted by Gasteiger charge is -2.36. The molecule has 47 heavy (non-hydrogen) atoms. The van der Waals surface area contributed by atoms with E-state index < -0.39 is 0 Å². The third-order valence-electron chi connectivity index (χ3n) is 9.96. The van der Waals surface area contributed by atoms with Crippen LogP contribution >= 0.6 is 15.9 Å². The SMILES string of the molecule is CCCCC(CCCC(c1cccc(Br)c1)c1cccc(-c2cccc3c2oc2ccccc23)c1)(c1ccccc1)c1ccccc1. The van der Waals surface area contributed by atoms with Crippen molar-refractivity contribution in [1.29, 1.82) is 0 Å². The van der Waals surface area contributed by atoms with Crippen LogP contribution in [0.25, 0.3) is 33.1 Å². The van der Waals surface area contributed by atoms with Gasteiger partial charge in [0.2, 0.25) is 0 Å². The lowest BCUT2D eigenvalue weighted by atomic mass is 9.67. The van der Waals surface area contributed by atoms with Gasteiger partial charge in [-0.3, -0.25) is 0 Å². The van der Waals surface area contributed by atoms with Crippen LogP contribution < -0.4 is 0 Å². The van der Waals surface area contributed by atoms with Gasteiger partial charge in [0.1, 0.15) is 11.2 Å². The van der Waals surface area contributed by atoms with Crippen molar-refractivity contribution in [3.8, 4) is 11.1 Å². The molecule has 7 rings (SSSR count). The van der Waals surface area contributed by atoms with Gasteiger partial charge in [-0.15, -0.1) is 0 Å². The van der Waals surface area contributed by atoms with Crippen molar-refractivity contribution < 1.29 is 4.42 Å². The van der Waals surface area contributed by atoms with E-state index in [-0.39, 0.29) is 11.3 Å². The van der Waals surface area contributed by atoms with Gasteiger partial charge in [0.25, 0.3) is 0 Å². The van der Waals surface area contributed by atoms with Gasteiger partial charge in [0, 0.05) is 32.1 Å². The van der Waals surface area contributed by atoms with Crippen molar-refractivity contribution in [2.24, 2.45) is 0 Å². The van der Waals surface area contributed by atoms with E-state index in [0.29, 0.717) is 0 Å². The highest BCUT2D eigenvalue weighted by molar-refractivity contribution is 9.10. The molecule has 7 aromatic rings. The predicted octanol–water partition coefficient (Wildman–Crippen LogP) is 13.5. The average molecular weight is 678 g/mol. The van der Waals surface area contributed by atoms with Gasteiger partial charge in [0.15, 0.2) is 0 Å². The molecule has 6 aromatic carbocycles. The summed E-state index contributed by atoms with van der Waals surface area (Å²) in [5, 5.41) is 2.33. The fourth-order valence-electron chi connectivity index (χ4n) is 7.62. The Labute approximate surface area is 287 Å². The number of benzene rings is 6. The van der Waals surface area contributed by atoms with E-state index in [2.05, 4.69) is 168 Å². The summed E-state index contributed by atoms with van der Waals surface area (Å²) in [6, 6.07) is 55.4. The molecule has 0 saturated heterocycles. The first kappa shape index (κ1) is 31.2. The summed E-state index contributed by atoms with van der Waals surface area (Å²) in [5.41, 5.74) is 9.75. The van der Waals surface area contributed by atoms with Crippen molar-refractivity contribution in [3.05, 3.63) is 178 Å². The quantitative estimate of drug-likeness (QED) is 0.125. The number of furan rings is 1. The first-order chi connectivity index (χ1) is 23.2. The van der Waals surface area contributed by atoms with E-state index in [1.54, 1.807) is 0 Å². The molecule has 1 unspecified atom stereocenters. The molecule has 0 aliphatic heterocycles. The molecule has 1 nitrogen and oxygen atoms in total. The minimum absolute atomic E-state index is 0.0147. The maximum atomic E-state index is 6.45. The second-order valence-corrected chi connectivity index (χ2v) is 13.7. The number of hydrogen-bond acceptors (Lipinski definition) is 1. The third-order valence-corrected chi connectivity index (χ3v) is 10.5. The van der Waals surface area contributed by atoms with E-state index in [9.17, 15) is 0 Å². The summed E-state index contributed by atoms with van der Waals surface area (Å²) in [7, 11) is 0. The van der Waals surface area contributed by atoms with Crippen LogP contribution in [0.4, 0.5) is 0 Å². The van der Waals surface area contributed by atoms with Crippen LogP contribution in [0.1, 0.15) is 73.6 Å². The van der Waals surface area contributed by atoms with E-state index in [4.69, 9.17) is 4.42 Å². The van der Waals surface area contributed by atoms with E-state index in [1.165, 1.54) is 40.7 Å². The zero-order chi connectivity index (χ0) is 32.1. The van der Waals surface area contributed by atoms with Gasteiger partial charge in [0.05, 0.1) is 0 Å². The van der Waals surface area contributed by atoms with Crippen LogP contribution in [0.3, 0.4) is 0 Å².